The van der Waals surface area contributed by atoms with E-state index < -0.39 is 15.8 Å². The predicted molar refractivity (Wildman–Crippen MR) is 63.6 cm³/mol. The Morgan fingerprint density at radius 3 is 2.28 bits per heavy atom. The van der Waals surface area contributed by atoms with E-state index in [4.69, 9.17) is 5.11 Å². The van der Waals surface area contributed by atoms with Crippen LogP contribution in [0.25, 0.3) is 5.69 Å². The molecule has 2 aromatic rings. The van der Waals surface area contributed by atoms with Gasteiger partial charge in [-0.25, -0.2) is 17.9 Å². The largest absolute Gasteiger partial charge is 0.476 e. The number of aromatic carboxylic acids is 1. The van der Waals surface area contributed by atoms with Gasteiger partial charge in [0.25, 0.3) is 0 Å². The summed E-state index contributed by atoms with van der Waals surface area (Å²) in [6.45, 7) is 0. The number of carboxylic acids is 1. The normalized spacial score (nSPS) is 11.4. The van der Waals surface area contributed by atoms with Crippen molar-refractivity contribution in [2.75, 3.05) is 6.26 Å². The number of benzene rings is 1. The fraction of sp³-hybridized carbons (Fsp3) is 0.0909. The highest BCUT2D eigenvalue weighted by atomic mass is 32.2. The van der Waals surface area contributed by atoms with E-state index in [1.54, 1.807) is 12.1 Å². The molecule has 0 amide bonds. The van der Waals surface area contributed by atoms with E-state index in [1.807, 2.05) is 0 Å². The number of hydrogen-bond donors (Lipinski definition) is 1. The number of carboxylic acid groups (broad SMARTS) is 1. The van der Waals surface area contributed by atoms with Crippen LogP contribution in [0.4, 0.5) is 0 Å². The van der Waals surface area contributed by atoms with E-state index in [0.29, 0.717) is 5.69 Å². The number of rotatable bonds is 3. The summed E-state index contributed by atoms with van der Waals surface area (Å²) in [5.41, 5.74) is 0.525. The van der Waals surface area contributed by atoms with E-state index in [0.717, 1.165) is 6.26 Å². The van der Waals surface area contributed by atoms with Gasteiger partial charge in [0, 0.05) is 12.5 Å². The first kappa shape index (κ1) is 12.3. The van der Waals surface area contributed by atoms with E-state index >= 15 is 0 Å². The van der Waals surface area contributed by atoms with Crippen LogP contribution in [0.15, 0.2) is 41.4 Å². The molecule has 0 saturated carbocycles. The SMILES string of the molecule is CS(=O)(=O)c1ccc(-n2ccc(C(=O)O)n2)cc1. The molecule has 0 bridgehead atoms. The topological polar surface area (TPSA) is 89.3 Å². The molecule has 1 aromatic heterocycles. The molecule has 0 aliphatic rings. The molecule has 18 heavy (non-hydrogen) atoms. The molecule has 94 valence electrons. The lowest BCUT2D eigenvalue weighted by atomic mass is 10.3. The summed E-state index contributed by atoms with van der Waals surface area (Å²) in [5, 5.41) is 12.6. The van der Waals surface area contributed by atoms with Crippen LogP contribution in [0.3, 0.4) is 0 Å². The first-order valence-corrected chi connectivity index (χ1v) is 6.86. The minimum absolute atomic E-state index is 0.0674. The van der Waals surface area contributed by atoms with Crippen LogP contribution in [0, 0.1) is 0 Å². The molecule has 7 heteroatoms. The van der Waals surface area contributed by atoms with Crippen molar-refractivity contribution in [2.24, 2.45) is 0 Å². The summed E-state index contributed by atoms with van der Waals surface area (Å²) in [6, 6.07) is 7.40. The third-order valence-electron chi connectivity index (χ3n) is 2.34. The molecule has 6 nitrogen and oxygen atoms in total. The molecule has 0 atom stereocenters. The quantitative estimate of drug-likeness (QED) is 0.894. The molecule has 1 N–H and O–H groups in total. The molecule has 0 aliphatic carbocycles. The zero-order chi connectivity index (χ0) is 13.3. The number of carbonyl (C=O) groups is 1. The molecule has 0 unspecified atom stereocenters. The Bertz CT molecular complexity index is 686. The molecule has 0 saturated heterocycles. The third kappa shape index (κ3) is 2.40. The standard InChI is InChI=1S/C11H10N2O4S/c1-18(16,17)9-4-2-8(3-5-9)13-7-6-10(12-13)11(14)15/h2-7H,1H3,(H,14,15). The van der Waals surface area contributed by atoms with Crippen LogP contribution in [0.5, 0.6) is 0 Å². The minimum atomic E-state index is -3.23. The van der Waals surface area contributed by atoms with Crippen molar-refractivity contribution in [1.82, 2.24) is 9.78 Å². The predicted octanol–water partition coefficient (Wildman–Crippen LogP) is 0.974. The van der Waals surface area contributed by atoms with Crippen molar-refractivity contribution >= 4 is 15.8 Å². The molecule has 0 fully saturated rings. The molecule has 0 spiro atoms. The Morgan fingerprint density at radius 2 is 1.83 bits per heavy atom. The summed E-state index contributed by atoms with van der Waals surface area (Å²) in [6.07, 6.45) is 2.62. The summed E-state index contributed by atoms with van der Waals surface area (Å²) in [7, 11) is -3.23. The Hall–Kier alpha value is -2.15. The Balaban J connectivity index is 2.37. The lowest BCUT2D eigenvalue weighted by molar-refractivity contribution is 0.0690. The first-order valence-electron chi connectivity index (χ1n) is 4.97. The molecular formula is C11H10N2O4S. The highest BCUT2D eigenvalue weighted by Gasteiger charge is 2.09. The summed E-state index contributed by atoms with van der Waals surface area (Å²) in [4.78, 5) is 10.9. The van der Waals surface area contributed by atoms with Gasteiger partial charge in [0.2, 0.25) is 0 Å². The van der Waals surface area contributed by atoms with E-state index in [9.17, 15) is 13.2 Å². The summed E-state index contributed by atoms with van der Waals surface area (Å²) >= 11 is 0. The highest BCUT2D eigenvalue weighted by Crippen LogP contribution is 2.13. The molecule has 0 aliphatic heterocycles. The monoisotopic (exact) mass is 266 g/mol. The van der Waals surface area contributed by atoms with Gasteiger partial charge in [0.1, 0.15) is 0 Å². The fourth-order valence-corrected chi connectivity index (χ4v) is 2.06. The van der Waals surface area contributed by atoms with E-state index in [1.165, 1.54) is 29.1 Å². The maximum absolute atomic E-state index is 11.3. The van der Waals surface area contributed by atoms with Crippen molar-refractivity contribution in [2.45, 2.75) is 4.90 Å². The Kier molecular flexibility index (Phi) is 2.92. The van der Waals surface area contributed by atoms with Gasteiger partial charge in [-0.1, -0.05) is 0 Å². The van der Waals surface area contributed by atoms with Crippen molar-refractivity contribution in [3.8, 4) is 5.69 Å². The average molecular weight is 266 g/mol. The van der Waals surface area contributed by atoms with Crippen molar-refractivity contribution in [3.05, 3.63) is 42.2 Å². The fourth-order valence-electron chi connectivity index (χ4n) is 1.43. The van der Waals surface area contributed by atoms with Crippen LogP contribution < -0.4 is 0 Å². The van der Waals surface area contributed by atoms with Crippen LogP contribution in [-0.2, 0) is 9.84 Å². The maximum atomic E-state index is 11.3. The van der Waals surface area contributed by atoms with Crippen molar-refractivity contribution < 1.29 is 18.3 Å². The number of nitrogens with zero attached hydrogens (tertiary/aromatic N) is 2. The third-order valence-corrected chi connectivity index (χ3v) is 3.47. The molecule has 0 radical (unpaired) electrons. The summed E-state index contributed by atoms with van der Waals surface area (Å²) in [5.74, 6) is -1.11. The zero-order valence-corrected chi connectivity index (χ0v) is 10.3. The number of sulfone groups is 1. The number of aromatic nitrogens is 2. The van der Waals surface area contributed by atoms with Gasteiger partial charge >= 0.3 is 5.97 Å². The molecule has 1 aromatic carbocycles. The molecule has 1 heterocycles. The second-order valence-corrected chi connectivity index (χ2v) is 5.73. The molecule has 2 rings (SSSR count). The zero-order valence-electron chi connectivity index (χ0n) is 9.44. The van der Waals surface area contributed by atoms with E-state index in [2.05, 4.69) is 5.10 Å². The minimum Gasteiger partial charge on any atom is -0.476 e. The van der Waals surface area contributed by atoms with Gasteiger partial charge in [-0.2, -0.15) is 5.10 Å². The smallest absolute Gasteiger partial charge is 0.356 e. The highest BCUT2D eigenvalue weighted by molar-refractivity contribution is 7.90. The maximum Gasteiger partial charge on any atom is 0.356 e. The summed E-state index contributed by atoms with van der Waals surface area (Å²) < 4.78 is 23.9. The second-order valence-electron chi connectivity index (χ2n) is 3.72. The van der Waals surface area contributed by atoms with Gasteiger partial charge < -0.3 is 5.11 Å². The average Bonchev–Trinajstić information content (AvgIpc) is 2.77. The Labute approximate surface area is 103 Å². The van der Waals surface area contributed by atoms with Crippen LogP contribution >= 0.6 is 0 Å². The lowest BCUT2D eigenvalue weighted by Gasteiger charge is -2.02. The molecular weight excluding hydrogens is 256 g/mol. The van der Waals surface area contributed by atoms with Crippen LogP contribution in [0.2, 0.25) is 0 Å². The van der Waals surface area contributed by atoms with Crippen molar-refractivity contribution in [1.29, 1.82) is 0 Å². The second kappa shape index (κ2) is 4.26. The van der Waals surface area contributed by atoms with Crippen molar-refractivity contribution in [3.63, 3.8) is 0 Å². The van der Waals surface area contributed by atoms with Gasteiger partial charge in [0.05, 0.1) is 10.6 Å². The lowest BCUT2D eigenvalue weighted by Crippen LogP contribution is -2.02. The van der Waals surface area contributed by atoms with Gasteiger partial charge in [0.15, 0.2) is 15.5 Å². The first-order chi connectivity index (χ1) is 8.38. The van der Waals surface area contributed by atoms with E-state index in [-0.39, 0.29) is 10.6 Å². The van der Waals surface area contributed by atoms with Crippen LogP contribution in [-0.4, -0.2) is 35.5 Å². The van der Waals surface area contributed by atoms with Crippen LogP contribution in [0.1, 0.15) is 10.5 Å². The van der Waals surface area contributed by atoms with Gasteiger partial charge in [-0.3, -0.25) is 0 Å². The van der Waals surface area contributed by atoms with Gasteiger partial charge in [-0.15, -0.1) is 0 Å². The number of hydrogen-bond acceptors (Lipinski definition) is 4. The Morgan fingerprint density at radius 1 is 1.22 bits per heavy atom. The van der Waals surface area contributed by atoms with Gasteiger partial charge in [-0.05, 0) is 30.3 Å².